The molecule has 0 aromatic carbocycles. The lowest BCUT2D eigenvalue weighted by molar-refractivity contribution is 0.813. The van der Waals surface area contributed by atoms with Crippen molar-refractivity contribution in [1.29, 1.82) is 0 Å². The van der Waals surface area contributed by atoms with E-state index in [1.165, 1.54) is 14.6 Å². The second-order valence-electron chi connectivity index (χ2n) is 4.63. The molecule has 0 saturated heterocycles. The van der Waals surface area contributed by atoms with E-state index in [0.717, 1.165) is 37.0 Å². The number of thiophene rings is 1. The minimum Gasteiger partial charge on any atom is -0.357 e. The lowest BCUT2D eigenvalue weighted by Crippen LogP contribution is -2.36. The molecule has 0 radical (unpaired) electrons. The highest BCUT2D eigenvalue weighted by atomic mass is 127. The van der Waals surface area contributed by atoms with E-state index in [9.17, 15) is 0 Å². The fraction of sp³-hybridized carbons (Fsp3) is 0.467. The van der Waals surface area contributed by atoms with E-state index in [1.54, 1.807) is 11.3 Å². The first kappa shape index (κ1) is 19.4. The molecule has 7 heteroatoms. The zero-order valence-corrected chi connectivity index (χ0v) is 17.1. The molecule has 122 valence electrons. The van der Waals surface area contributed by atoms with Crippen molar-refractivity contribution in [3.63, 3.8) is 0 Å². The van der Waals surface area contributed by atoms with E-state index in [2.05, 4.69) is 53.5 Å². The number of guanidine groups is 1. The Kier molecular flexibility index (Phi) is 8.96. The van der Waals surface area contributed by atoms with Crippen molar-refractivity contribution in [1.82, 2.24) is 15.6 Å². The van der Waals surface area contributed by atoms with Gasteiger partial charge >= 0.3 is 0 Å². The van der Waals surface area contributed by atoms with Crippen LogP contribution in [0.2, 0.25) is 0 Å². The molecule has 2 heterocycles. The molecule has 0 spiro atoms. The van der Waals surface area contributed by atoms with Crippen LogP contribution in [0.5, 0.6) is 0 Å². The van der Waals surface area contributed by atoms with Crippen molar-refractivity contribution in [3.05, 3.63) is 38.0 Å². The minimum absolute atomic E-state index is 0. The van der Waals surface area contributed by atoms with Crippen molar-refractivity contribution in [2.75, 3.05) is 6.54 Å². The van der Waals surface area contributed by atoms with Gasteiger partial charge in [-0.3, -0.25) is 0 Å². The molecule has 0 aliphatic rings. The van der Waals surface area contributed by atoms with Crippen LogP contribution in [0.1, 0.15) is 33.5 Å². The number of rotatable bonds is 6. The predicted molar refractivity (Wildman–Crippen MR) is 108 cm³/mol. The third-order valence-electron chi connectivity index (χ3n) is 2.88. The highest BCUT2D eigenvalue weighted by Crippen LogP contribution is 2.17. The Balaban J connectivity index is 0.00000242. The van der Waals surface area contributed by atoms with Gasteiger partial charge in [0.05, 0.1) is 13.1 Å². The Morgan fingerprint density at radius 2 is 1.95 bits per heavy atom. The number of aromatic nitrogens is 1. The van der Waals surface area contributed by atoms with Gasteiger partial charge in [0, 0.05) is 27.4 Å². The average molecular weight is 450 g/mol. The monoisotopic (exact) mass is 450 g/mol. The van der Waals surface area contributed by atoms with Gasteiger partial charge in [0.1, 0.15) is 5.01 Å². The second-order valence-corrected chi connectivity index (χ2v) is 7.21. The van der Waals surface area contributed by atoms with E-state index >= 15 is 0 Å². The fourth-order valence-electron chi connectivity index (χ4n) is 1.84. The topological polar surface area (TPSA) is 49.3 Å². The maximum Gasteiger partial charge on any atom is 0.191 e. The number of aryl methyl sites for hydroxylation is 2. The van der Waals surface area contributed by atoms with E-state index in [-0.39, 0.29) is 24.0 Å². The van der Waals surface area contributed by atoms with E-state index in [4.69, 9.17) is 0 Å². The van der Waals surface area contributed by atoms with Crippen molar-refractivity contribution >= 4 is 52.6 Å². The summed E-state index contributed by atoms with van der Waals surface area (Å²) in [5, 5.41) is 7.69. The fourth-order valence-corrected chi connectivity index (χ4v) is 3.45. The van der Waals surface area contributed by atoms with Gasteiger partial charge in [0.15, 0.2) is 5.96 Å². The van der Waals surface area contributed by atoms with Crippen LogP contribution in [0, 0.1) is 6.92 Å². The molecular weight excluding hydrogens is 427 g/mol. The molecule has 2 rings (SSSR count). The number of aliphatic imine (C=N–C) groups is 1. The zero-order valence-electron chi connectivity index (χ0n) is 13.2. The van der Waals surface area contributed by atoms with Gasteiger partial charge < -0.3 is 10.6 Å². The van der Waals surface area contributed by atoms with Crippen molar-refractivity contribution in [2.45, 2.75) is 40.3 Å². The van der Waals surface area contributed by atoms with Crippen LogP contribution >= 0.6 is 46.7 Å². The molecule has 0 aliphatic heterocycles. The van der Waals surface area contributed by atoms with Gasteiger partial charge in [-0.1, -0.05) is 6.92 Å². The van der Waals surface area contributed by atoms with Crippen LogP contribution in [-0.2, 0) is 19.5 Å². The van der Waals surface area contributed by atoms with Crippen LogP contribution in [0.15, 0.2) is 23.3 Å². The SMILES string of the molecule is CCNC(=NCc1ccc(CC)s1)NCc1ncc(C)s1.I. The highest BCUT2D eigenvalue weighted by molar-refractivity contribution is 14.0. The number of nitrogens with zero attached hydrogens (tertiary/aromatic N) is 2. The van der Waals surface area contributed by atoms with Crippen LogP contribution < -0.4 is 10.6 Å². The smallest absolute Gasteiger partial charge is 0.191 e. The molecule has 0 atom stereocenters. The summed E-state index contributed by atoms with van der Waals surface area (Å²) in [5.41, 5.74) is 0. The molecule has 4 nitrogen and oxygen atoms in total. The zero-order chi connectivity index (χ0) is 15.1. The quantitative estimate of drug-likeness (QED) is 0.398. The molecule has 22 heavy (non-hydrogen) atoms. The Labute approximate surface area is 157 Å². The first-order chi connectivity index (χ1) is 10.2. The molecule has 2 N–H and O–H groups in total. The minimum atomic E-state index is 0. The van der Waals surface area contributed by atoms with Crippen LogP contribution in [0.4, 0.5) is 0 Å². The van der Waals surface area contributed by atoms with Gasteiger partial charge in [-0.05, 0) is 32.4 Å². The molecule has 0 saturated carbocycles. The Morgan fingerprint density at radius 1 is 1.18 bits per heavy atom. The third kappa shape index (κ3) is 6.21. The third-order valence-corrected chi connectivity index (χ3v) is 5.01. The summed E-state index contributed by atoms with van der Waals surface area (Å²) in [5.74, 6) is 0.844. The molecule has 2 aromatic heterocycles. The van der Waals surface area contributed by atoms with E-state index in [0.29, 0.717) is 0 Å². The van der Waals surface area contributed by atoms with Gasteiger partial charge in [-0.15, -0.1) is 46.7 Å². The summed E-state index contributed by atoms with van der Waals surface area (Å²) in [4.78, 5) is 12.9. The maximum absolute atomic E-state index is 4.63. The second kappa shape index (κ2) is 10.2. The molecule has 0 aliphatic carbocycles. The lowest BCUT2D eigenvalue weighted by Gasteiger charge is -2.09. The normalized spacial score (nSPS) is 11.1. The molecule has 2 aromatic rings. The maximum atomic E-state index is 4.63. The first-order valence-electron chi connectivity index (χ1n) is 7.22. The van der Waals surface area contributed by atoms with Crippen molar-refractivity contribution in [3.8, 4) is 0 Å². The Hall–Kier alpha value is -0.670. The summed E-state index contributed by atoms with van der Waals surface area (Å²) in [6.07, 6.45) is 3.00. The Bertz CT molecular complexity index is 592. The van der Waals surface area contributed by atoms with Crippen LogP contribution in [0.3, 0.4) is 0 Å². The number of nitrogens with one attached hydrogen (secondary N) is 2. The molecule has 0 bridgehead atoms. The molecule has 0 unspecified atom stereocenters. The number of hydrogen-bond acceptors (Lipinski definition) is 4. The first-order valence-corrected chi connectivity index (χ1v) is 8.85. The molecule has 0 fully saturated rings. The summed E-state index contributed by atoms with van der Waals surface area (Å²) in [6.45, 7) is 8.62. The summed E-state index contributed by atoms with van der Waals surface area (Å²) in [6, 6.07) is 4.36. The molecule has 0 amide bonds. The van der Waals surface area contributed by atoms with Gasteiger partial charge in [-0.2, -0.15) is 0 Å². The number of thiazole rings is 1. The highest BCUT2D eigenvalue weighted by Gasteiger charge is 2.02. The van der Waals surface area contributed by atoms with Gasteiger partial charge in [0.2, 0.25) is 0 Å². The summed E-state index contributed by atoms with van der Waals surface area (Å²) in [7, 11) is 0. The summed E-state index contributed by atoms with van der Waals surface area (Å²) >= 11 is 3.55. The van der Waals surface area contributed by atoms with Crippen LogP contribution in [0.25, 0.3) is 0 Å². The largest absolute Gasteiger partial charge is 0.357 e. The van der Waals surface area contributed by atoms with Crippen molar-refractivity contribution < 1.29 is 0 Å². The van der Waals surface area contributed by atoms with E-state index in [1.807, 2.05) is 17.5 Å². The van der Waals surface area contributed by atoms with E-state index < -0.39 is 0 Å². The van der Waals surface area contributed by atoms with Crippen LogP contribution in [-0.4, -0.2) is 17.5 Å². The average Bonchev–Trinajstić information content (AvgIpc) is 3.10. The number of hydrogen-bond donors (Lipinski definition) is 2. The number of halogens is 1. The summed E-state index contributed by atoms with van der Waals surface area (Å²) < 4.78 is 0. The molecular formula is C15H23IN4S2. The van der Waals surface area contributed by atoms with Gasteiger partial charge in [0.25, 0.3) is 0 Å². The predicted octanol–water partition coefficient (Wildman–Crippen LogP) is 3.95. The standard InChI is InChI=1S/C15H22N4S2.HI/c1-4-12-6-7-13(21-12)9-18-15(16-5-2)19-10-14-17-8-11(3)20-14;/h6-8H,4-5,9-10H2,1-3H3,(H2,16,18,19);1H. The van der Waals surface area contributed by atoms with Gasteiger partial charge in [-0.25, -0.2) is 9.98 Å². The Morgan fingerprint density at radius 3 is 2.55 bits per heavy atom. The lowest BCUT2D eigenvalue weighted by atomic mass is 10.4. The van der Waals surface area contributed by atoms with Crippen molar-refractivity contribution in [2.24, 2.45) is 4.99 Å².